The molecule has 2 aromatic rings. The molecule has 1 N–H and O–H groups in total. The Bertz CT molecular complexity index is 882. The van der Waals surface area contributed by atoms with Gasteiger partial charge in [-0.2, -0.15) is 0 Å². The van der Waals surface area contributed by atoms with E-state index in [2.05, 4.69) is 26.6 Å². The van der Waals surface area contributed by atoms with Gasteiger partial charge in [-0.15, -0.1) is 21.5 Å². The predicted octanol–water partition coefficient (Wildman–Crippen LogP) is 3.22. The molecule has 0 radical (unpaired) electrons. The molecule has 1 fully saturated rings. The van der Waals surface area contributed by atoms with Crippen LogP contribution in [-0.4, -0.2) is 52.4 Å². The van der Waals surface area contributed by atoms with E-state index in [0.29, 0.717) is 19.5 Å². The Labute approximate surface area is 174 Å². The smallest absolute Gasteiger partial charge is 0.246 e. The van der Waals surface area contributed by atoms with Crippen LogP contribution in [0, 0.1) is 0 Å². The molecular weight excluding hydrogens is 386 g/mol. The average Bonchev–Trinajstić information content (AvgIpc) is 3.26. The van der Waals surface area contributed by atoms with Crippen molar-refractivity contribution in [1.29, 1.82) is 0 Å². The fraction of sp³-hybridized carbons (Fsp3) is 0.381. The van der Waals surface area contributed by atoms with Crippen LogP contribution in [0.2, 0.25) is 0 Å². The van der Waals surface area contributed by atoms with Crippen LogP contribution in [0.1, 0.15) is 41.8 Å². The minimum Gasteiger partial charge on any atom is -0.373 e. The van der Waals surface area contributed by atoms with E-state index >= 15 is 0 Å². The molecule has 3 heterocycles. The van der Waals surface area contributed by atoms with Gasteiger partial charge in [0, 0.05) is 38.8 Å². The Kier molecular flexibility index (Phi) is 7.63. The molecule has 1 saturated heterocycles. The third kappa shape index (κ3) is 6.05. The van der Waals surface area contributed by atoms with Gasteiger partial charge in [0.1, 0.15) is 22.6 Å². The Morgan fingerprint density at radius 1 is 1.34 bits per heavy atom. The number of unbranched alkanes of at least 4 members (excludes halogenated alkanes) is 1. The van der Waals surface area contributed by atoms with Crippen LogP contribution < -0.4 is 5.32 Å². The van der Waals surface area contributed by atoms with E-state index in [1.54, 1.807) is 17.8 Å². The number of amides is 1. The number of rotatable bonds is 8. The number of nitrogens with one attached hydrogen (secondary N) is 1. The van der Waals surface area contributed by atoms with Crippen molar-refractivity contribution in [2.45, 2.75) is 32.1 Å². The van der Waals surface area contributed by atoms with Gasteiger partial charge in [0.15, 0.2) is 0 Å². The maximum absolute atomic E-state index is 12.5. The van der Waals surface area contributed by atoms with Gasteiger partial charge in [0.05, 0.1) is 0 Å². The minimum atomic E-state index is 0.0140. The van der Waals surface area contributed by atoms with E-state index in [9.17, 15) is 9.59 Å². The standard InChI is InChI=1S/C21H25N5O2S/c1-22-21-18(4-2-3-11-27)12-17(14-23-21)5-6-20(28)26-9-7-16(8-10-26)13-19-25-24-15-29-19/h5-6,11-15H,2-4,7-10H2,1H3,(H,22,23)/b6-5+. The number of nitrogens with zero attached hydrogens (tertiary/aromatic N) is 4. The summed E-state index contributed by atoms with van der Waals surface area (Å²) in [5, 5.41) is 11.9. The van der Waals surface area contributed by atoms with Crippen molar-refractivity contribution in [3.8, 4) is 0 Å². The largest absolute Gasteiger partial charge is 0.373 e. The fourth-order valence-corrected chi connectivity index (χ4v) is 3.79. The number of pyridine rings is 1. The van der Waals surface area contributed by atoms with E-state index in [0.717, 1.165) is 53.9 Å². The molecule has 152 valence electrons. The highest BCUT2D eigenvalue weighted by Crippen LogP contribution is 2.21. The Morgan fingerprint density at radius 2 is 2.17 bits per heavy atom. The van der Waals surface area contributed by atoms with Gasteiger partial charge >= 0.3 is 0 Å². The van der Waals surface area contributed by atoms with Crippen molar-refractivity contribution in [2.75, 3.05) is 25.5 Å². The summed E-state index contributed by atoms with van der Waals surface area (Å²) in [5.74, 6) is 0.824. The summed E-state index contributed by atoms with van der Waals surface area (Å²) in [5.41, 5.74) is 4.96. The SMILES string of the molecule is CNc1ncc(/C=C/C(=O)N2CCC(=Cc3nncs3)CC2)cc1CCCC=O. The first-order valence-corrected chi connectivity index (χ1v) is 10.6. The number of carbonyl (C=O) groups excluding carboxylic acids is 2. The van der Waals surface area contributed by atoms with Crippen LogP contribution in [0.4, 0.5) is 5.82 Å². The van der Waals surface area contributed by atoms with E-state index < -0.39 is 0 Å². The maximum Gasteiger partial charge on any atom is 0.246 e. The number of piperidine rings is 1. The number of carbonyl (C=O) groups is 2. The Hall–Kier alpha value is -2.87. The van der Waals surface area contributed by atoms with Crippen LogP contribution in [0.15, 0.2) is 29.4 Å². The number of aldehydes is 1. The molecule has 0 unspecified atom stereocenters. The highest BCUT2D eigenvalue weighted by atomic mass is 32.1. The fourth-order valence-electron chi connectivity index (χ4n) is 3.26. The number of anilines is 1. The summed E-state index contributed by atoms with van der Waals surface area (Å²) in [6.45, 7) is 1.42. The summed E-state index contributed by atoms with van der Waals surface area (Å²) in [6.07, 6.45) is 12.0. The quantitative estimate of drug-likeness (QED) is 0.408. The summed E-state index contributed by atoms with van der Waals surface area (Å²) in [4.78, 5) is 29.4. The van der Waals surface area contributed by atoms with Crippen LogP contribution >= 0.6 is 11.3 Å². The van der Waals surface area contributed by atoms with E-state index in [-0.39, 0.29) is 5.91 Å². The molecule has 0 aromatic carbocycles. The van der Waals surface area contributed by atoms with Crippen LogP contribution in [0.3, 0.4) is 0 Å². The molecule has 7 nitrogen and oxygen atoms in total. The van der Waals surface area contributed by atoms with Gasteiger partial charge in [0.2, 0.25) is 5.91 Å². The number of likely N-dealkylation sites (tertiary alicyclic amines) is 1. The van der Waals surface area contributed by atoms with Crippen LogP contribution in [-0.2, 0) is 16.0 Å². The van der Waals surface area contributed by atoms with Crippen molar-refractivity contribution >= 4 is 41.5 Å². The number of hydrogen-bond donors (Lipinski definition) is 1. The normalized spacial score (nSPS) is 14.2. The lowest BCUT2D eigenvalue weighted by Crippen LogP contribution is -2.35. The van der Waals surface area contributed by atoms with Crippen LogP contribution in [0.25, 0.3) is 12.2 Å². The van der Waals surface area contributed by atoms with Crippen molar-refractivity contribution in [3.05, 3.63) is 45.6 Å². The van der Waals surface area contributed by atoms with E-state index in [1.807, 2.05) is 24.1 Å². The molecule has 8 heteroatoms. The predicted molar refractivity (Wildman–Crippen MR) is 116 cm³/mol. The summed E-state index contributed by atoms with van der Waals surface area (Å²) < 4.78 is 0. The monoisotopic (exact) mass is 411 g/mol. The van der Waals surface area contributed by atoms with Crippen molar-refractivity contribution in [1.82, 2.24) is 20.1 Å². The number of hydrogen-bond acceptors (Lipinski definition) is 7. The lowest BCUT2D eigenvalue weighted by molar-refractivity contribution is -0.126. The first-order valence-electron chi connectivity index (χ1n) is 9.72. The van der Waals surface area contributed by atoms with Crippen molar-refractivity contribution < 1.29 is 9.59 Å². The second kappa shape index (κ2) is 10.6. The summed E-state index contributed by atoms with van der Waals surface area (Å²) in [6, 6.07) is 2.02. The molecule has 0 bridgehead atoms. The summed E-state index contributed by atoms with van der Waals surface area (Å²) in [7, 11) is 1.83. The highest BCUT2D eigenvalue weighted by molar-refractivity contribution is 7.10. The zero-order valence-corrected chi connectivity index (χ0v) is 17.3. The third-order valence-corrected chi connectivity index (χ3v) is 5.47. The second-order valence-electron chi connectivity index (χ2n) is 6.82. The Balaban J connectivity index is 1.57. The molecule has 0 spiro atoms. The first-order chi connectivity index (χ1) is 14.2. The Morgan fingerprint density at radius 3 is 2.86 bits per heavy atom. The zero-order valence-electron chi connectivity index (χ0n) is 16.5. The van der Waals surface area contributed by atoms with Crippen molar-refractivity contribution in [3.63, 3.8) is 0 Å². The van der Waals surface area contributed by atoms with Gasteiger partial charge in [0.25, 0.3) is 0 Å². The van der Waals surface area contributed by atoms with Gasteiger partial charge in [-0.05, 0) is 55.0 Å². The lowest BCUT2D eigenvalue weighted by Gasteiger charge is -2.27. The minimum absolute atomic E-state index is 0.0140. The molecule has 2 aromatic heterocycles. The number of aryl methyl sites for hydroxylation is 1. The van der Waals surface area contributed by atoms with Gasteiger partial charge in [-0.1, -0.05) is 5.57 Å². The number of aromatic nitrogens is 3. The molecule has 29 heavy (non-hydrogen) atoms. The third-order valence-electron chi connectivity index (χ3n) is 4.83. The van der Waals surface area contributed by atoms with E-state index in [1.165, 1.54) is 16.9 Å². The zero-order chi connectivity index (χ0) is 20.5. The molecule has 0 atom stereocenters. The maximum atomic E-state index is 12.5. The molecule has 1 amide bonds. The average molecular weight is 412 g/mol. The van der Waals surface area contributed by atoms with Gasteiger partial charge < -0.3 is 15.0 Å². The molecule has 1 aliphatic rings. The first kappa shape index (κ1) is 20.9. The lowest BCUT2D eigenvalue weighted by atomic mass is 10.0. The van der Waals surface area contributed by atoms with Gasteiger partial charge in [-0.25, -0.2) is 4.98 Å². The van der Waals surface area contributed by atoms with E-state index in [4.69, 9.17) is 0 Å². The molecular formula is C21H25N5O2S. The highest BCUT2D eigenvalue weighted by Gasteiger charge is 2.17. The molecule has 1 aliphatic heterocycles. The summed E-state index contributed by atoms with van der Waals surface area (Å²) >= 11 is 1.52. The van der Waals surface area contributed by atoms with Crippen molar-refractivity contribution in [2.24, 2.45) is 0 Å². The van der Waals surface area contributed by atoms with Crippen LogP contribution in [0.5, 0.6) is 0 Å². The molecule has 0 saturated carbocycles. The topological polar surface area (TPSA) is 88.1 Å². The molecule has 3 rings (SSSR count). The second-order valence-corrected chi connectivity index (χ2v) is 7.69. The molecule has 0 aliphatic carbocycles. The van der Waals surface area contributed by atoms with Gasteiger partial charge in [-0.3, -0.25) is 4.79 Å².